The summed E-state index contributed by atoms with van der Waals surface area (Å²) >= 11 is 6.00. The minimum atomic E-state index is -3.84. The van der Waals surface area contributed by atoms with E-state index in [2.05, 4.69) is 12.2 Å². The Morgan fingerprint density at radius 2 is 1.63 bits per heavy atom. The maximum atomic E-state index is 13.6. The highest BCUT2D eigenvalue weighted by Crippen LogP contribution is 2.28. The summed E-state index contributed by atoms with van der Waals surface area (Å²) in [5, 5.41) is 3.47. The van der Waals surface area contributed by atoms with Crippen molar-refractivity contribution in [1.29, 1.82) is 0 Å². The first-order chi connectivity index (χ1) is 16.7. The molecule has 0 heterocycles. The highest BCUT2D eigenvalue weighted by Gasteiger charge is 2.25. The molecule has 3 aromatic rings. The third-order valence-electron chi connectivity index (χ3n) is 5.47. The number of anilines is 1. The van der Waals surface area contributed by atoms with Crippen LogP contribution in [0.25, 0.3) is 0 Å². The summed E-state index contributed by atoms with van der Waals surface area (Å²) in [5.74, 6) is 0.285. The van der Waals surface area contributed by atoms with E-state index in [1.54, 1.807) is 72.8 Å². The van der Waals surface area contributed by atoms with Gasteiger partial charge in [-0.1, -0.05) is 54.8 Å². The molecule has 0 saturated carbocycles. The second kappa shape index (κ2) is 12.1. The van der Waals surface area contributed by atoms with Crippen LogP contribution >= 0.6 is 11.6 Å². The standard InChI is InChI=1S/C27H31ClN2O4S/c1-4-5-21(3)29-27(31)19-34-25-14-12-24(13-15-25)30(18-22-8-10-23(28)11-9-22)35(32,33)26-16-6-20(2)7-17-26/h6-17,21H,4-5,18-19H2,1-3H3,(H,29,31). The number of nitrogens with one attached hydrogen (secondary N) is 1. The maximum Gasteiger partial charge on any atom is 0.264 e. The number of carbonyl (C=O) groups is 1. The van der Waals surface area contributed by atoms with Crippen LogP contribution in [0, 0.1) is 6.92 Å². The largest absolute Gasteiger partial charge is 0.484 e. The highest BCUT2D eigenvalue weighted by atomic mass is 35.5. The molecule has 0 aliphatic rings. The topological polar surface area (TPSA) is 75.7 Å². The summed E-state index contributed by atoms with van der Waals surface area (Å²) in [5.41, 5.74) is 2.25. The molecule has 0 aromatic heterocycles. The van der Waals surface area contributed by atoms with Crippen LogP contribution in [0.4, 0.5) is 5.69 Å². The van der Waals surface area contributed by atoms with Gasteiger partial charge in [-0.05, 0) is 74.4 Å². The second-order valence-corrected chi connectivity index (χ2v) is 10.8. The minimum Gasteiger partial charge on any atom is -0.484 e. The number of sulfonamides is 1. The van der Waals surface area contributed by atoms with E-state index in [0.29, 0.717) is 16.5 Å². The van der Waals surface area contributed by atoms with E-state index >= 15 is 0 Å². The van der Waals surface area contributed by atoms with Crippen molar-refractivity contribution >= 4 is 33.2 Å². The molecule has 0 aliphatic carbocycles. The van der Waals surface area contributed by atoms with Crippen LogP contribution in [0.15, 0.2) is 77.7 Å². The van der Waals surface area contributed by atoms with Gasteiger partial charge in [0.15, 0.2) is 6.61 Å². The van der Waals surface area contributed by atoms with Crippen LogP contribution in [0.1, 0.15) is 37.8 Å². The molecule has 1 unspecified atom stereocenters. The Hall–Kier alpha value is -3.03. The molecule has 1 amide bonds. The summed E-state index contributed by atoms with van der Waals surface area (Å²) in [4.78, 5) is 12.3. The SMILES string of the molecule is CCCC(C)NC(=O)COc1ccc(N(Cc2ccc(Cl)cc2)S(=O)(=O)c2ccc(C)cc2)cc1. The Morgan fingerprint density at radius 3 is 2.23 bits per heavy atom. The van der Waals surface area contributed by atoms with Gasteiger partial charge in [-0.25, -0.2) is 8.42 Å². The van der Waals surface area contributed by atoms with Crippen molar-refractivity contribution in [2.45, 2.75) is 51.1 Å². The van der Waals surface area contributed by atoms with Crippen LogP contribution in [0.3, 0.4) is 0 Å². The Balaban J connectivity index is 1.81. The molecule has 3 aromatic carbocycles. The number of rotatable bonds is 11. The monoisotopic (exact) mass is 514 g/mol. The molecule has 1 atom stereocenters. The zero-order valence-electron chi connectivity index (χ0n) is 20.2. The lowest BCUT2D eigenvalue weighted by Crippen LogP contribution is -2.35. The molecule has 0 saturated heterocycles. The van der Waals surface area contributed by atoms with E-state index in [-0.39, 0.29) is 30.0 Å². The summed E-state index contributed by atoms with van der Waals surface area (Å²) in [7, 11) is -3.84. The van der Waals surface area contributed by atoms with Crippen molar-refractivity contribution in [1.82, 2.24) is 5.32 Å². The fourth-order valence-electron chi connectivity index (χ4n) is 3.59. The molecule has 0 spiro atoms. The van der Waals surface area contributed by atoms with E-state index in [0.717, 1.165) is 24.0 Å². The van der Waals surface area contributed by atoms with E-state index in [9.17, 15) is 13.2 Å². The van der Waals surface area contributed by atoms with Gasteiger partial charge in [0.25, 0.3) is 15.9 Å². The zero-order chi connectivity index (χ0) is 25.4. The molecular weight excluding hydrogens is 484 g/mol. The molecule has 1 N–H and O–H groups in total. The quantitative estimate of drug-likeness (QED) is 0.354. The van der Waals surface area contributed by atoms with Gasteiger partial charge >= 0.3 is 0 Å². The van der Waals surface area contributed by atoms with Gasteiger partial charge in [-0.2, -0.15) is 0 Å². The minimum absolute atomic E-state index is 0.0897. The van der Waals surface area contributed by atoms with Crippen molar-refractivity contribution in [3.05, 3.63) is 88.9 Å². The average Bonchev–Trinajstić information content (AvgIpc) is 2.83. The van der Waals surface area contributed by atoms with Crippen LogP contribution in [-0.2, 0) is 21.4 Å². The van der Waals surface area contributed by atoms with E-state index in [4.69, 9.17) is 16.3 Å². The van der Waals surface area contributed by atoms with E-state index in [1.165, 1.54) is 4.31 Å². The molecule has 0 fully saturated rings. The first-order valence-electron chi connectivity index (χ1n) is 11.5. The number of hydrogen-bond donors (Lipinski definition) is 1. The first kappa shape index (κ1) is 26.6. The fraction of sp³-hybridized carbons (Fsp3) is 0.296. The molecule has 0 aliphatic heterocycles. The number of hydrogen-bond acceptors (Lipinski definition) is 4. The number of carbonyl (C=O) groups excluding carboxylic acids is 1. The van der Waals surface area contributed by atoms with Crippen molar-refractivity contribution in [3.63, 3.8) is 0 Å². The van der Waals surface area contributed by atoms with Crippen LogP contribution in [0.5, 0.6) is 5.75 Å². The Kier molecular flexibility index (Phi) is 9.18. The normalized spacial score (nSPS) is 12.1. The fourth-order valence-corrected chi connectivity index (χ4v) is 5.17. The Labute approximate surface area is 212 Å². The molecule has 3 rings (SSSR count). The number of ether oxygens (including phenoxy) is 1. The summed E-state index contributed by atoms with van der Waals surface area (Å²) in [6.45, 7) is 5.95. The molecule has 0 radical (unpaired) electrons. The Morgan fingerprint density at radius 1 is 1.00 bits per heavy atom. The smallest absolute Gasteiger partial charge is 0.264 e. The van der Waals surface area contributed by atoms with Gasteiger partial charge in [0, 0.05) is 11.1 Å². The molecule has 8 heteroatoms. The predicted molar refractivity (Wildman–Crippen MR) is 140 cm³/mol. The number of aryl methyl sites for hydroxylation is 1. The lowest BCUT2D eigenvalue weighted by Gasteiger charge is -2.25. The lowest BCUT2D eigenvalue weighted by atomic mass is 10.2. The summed E-state index contributed by atoms with van der Waals surface area (Å²) in [6.07, 6.45) is 1.89. The van der Waals surface area contributed by atoms with Gasteiger partial charge in [0.2, 0.25) is 0 Å². The summed E-state index contributed by atoms with van der Waals surface area (Å²) < 4.78 is 34.1. The van der Waals surface area contributed by atoms with Gasteiger partial charge in [-0.3, -0.25) is 9.10 Å². The average molecular weight is 515 g/mol. The highest BCUT2D eigenvalue weighted by molar-refractivity contribution is 7.92. The van der Waals surface area contributed by atoms with Crippen molar-refractivity contribution in [2.24, 2.45) is 0 Å². The second-order valence-electron chi connectivity index (χ2n) is 8.49. The number of benzene rings is 3. The van der Waals surface area contributed by atoms with Gasteiger partial charge in [0.1, 0.15) is 5.75 Å². The summed E-state index contributed by atoms with van der Waals surface area (Å²) in [6, 6.07) is 20.6. The van der Waals surface area contributed by atoms with Crippen molar-refractivity contribution in [3.8, 4) is 5.75 Å². The van der Waals surface area contributed by atoms with Gasteiger partial charge < -0.3 is 10.1 Å². The van der Waals surface area contributed by atoms with Crippen molar-refractivity contribution in [2.75, 3.05) is 10.9 Å². The zero-order valence-corrected chi connectivity index (χ0v) is 21.8. The molecular formula is C27H31ClN2O4S. The molecule has 186 valence electrons. The first-order valence-corrected chi connectivity index (χ1v) is 13.4. The number of halogens is 1. The number of amides is 1. The van der Waals surface area contributed by atoms with Gasteiger partial charge in [0.05, 0.1) is 17.1 Å². The van der Waals surface area contributed by atoms with Crippen LogP contribution < -0.4 is 14.4 Å². The van der Waals surface area contributed by atoms with Gasteiger partial charge in [-0.15, -0.1) is 0 Å². The van der Waals surface area contributed by atoms with E-state index in [1.807, 2.05) is 13.8 Å². The molecule has 35 heavy (non-hydrogen) atoms. The maximum absolute atomic E-state index is 13.6. The number of nitrogens with zero attached hydrogens (tertiary/aromatic N) is 1. The third kappa shape index (κ3) is 7.47. The molecule has 6 nitrogen and oxygen atoms in total. The van der Waals surface area contributed by atoms with E-state index < -0.39 is 10.0 Å². The van der Waals surface area contributed by atoms with Crippen LogP contribution in [0.2, 0.25) is 5.02 Å². The van der Waals surface area contributed by atoms with Crippen LogP contribution in [-0.4, -0.2) is 27.0 Å². The van der Waals surface area contributed by atoms with Crippen molar-refractivity contribution < 1.29 is 17.9 Å². The predicted octanol–water partition coefficient (Wildman–Crippen LogP) is 5.73. The third-order valence-corrected chi connectivity index (χ3v) is 7.51. The molecule has 0 bridgehead atoms. The Bertz CT molecular complexity index is 1210. The lowest BCUT2D eigenvalue weighted by molar-refractivity contribution is -0.123.